The van der Waals surface area contributed by atoms with E-state index in [2.05, 4.69) is 23.7 Å². The lowest BCUT2D eigenvalue weighted by molar-refractivity contribution is -0.136. The number of aromatic nitrogens is 1. The van der Waals surface area contributed by atoms with E-state index in [0.717, 1.165) is 23.9 Å². The van der Waals surface area contributed by atoms with E-state index in [1.807, 2.05) is 5.38 Å². The second-order valence-electron chi connectivity index (χ2n) is 5.70. The normalized spacial score (nSPS) is 18.9. The van der Waals surface area contributed by atoms with Crippen LogP contribution in [0.2, 0.25) is 0 Å². The Morgan fingerprint density at radius 1 is 1.61 bits per heavy atom. The number of piperidine rings is 1. The first-order valence-corrected chi connectivity index (χ1v) is 7.25. The van der Waals surface area contributed by atoms with Crippen LogP contribution in [0.15, 0.2) is 5.38 Å². The molecule has 0 unspecified atom stereocenters. The first-order valence-electron chi connectivity index (χ1n) is 6.37. The fraction of sp³-hybridized carbons (Fsp3) is 0.692. The average molecular weight is 268 g/mol. The Hall–Kier alpha value is -1.10. The standard InChI is InChI=1S/C13H20N2O2S/c1-13(2)6-3-7-15(9-13)12-14-10(8-18-12)4-5-11(16)17/h8H,3-7,9H2,1-2H3,(H,16,17). The van der Waals surface area contributed by atoms with E-state index in [0.29, 0.717) is 11.8 Å². The van der Waals surface area contributed by atoms with Gasteiger partial charge >= 0.3 is 5.97 Å². The molecular formula is C13H20N2O2S. The first kappa shape index (κ1) is 13.3. The molecule has 5 heteroatoms. The van der Waals surface area contributed by atoms with Crippen LogP contribution in [0.1, 0.15) is 38.8 Å². The summed E-state index contributed by atoms with van der Waals surface area (Å²) >= 11 is 1.63. The van der Waals surface area contributed by atoms with Gasteiger partial charge in [-0.15, -0.1) is 11.3 Å². The minimum atomic E-state index is -0.761. The molecule has 2 heterocycles. The smallest absolute Gasteiger partial charge is 0.303 e. The summed E-state index contributed by atoms with van der Waals surface area (Å²) in [5.74, 6) is -0.761. The molecule has 1 fully saturated rings. The quantitative estimate of drug-likeness (QED) is 0.912. The maximum Gasteiger partial charge on any atom is 0.303 e. The molecule has 0 radical (unpaired) electrons. The molecule has 0 spiro atoms. The van der Waals surface area contributed by atoms with E-state index in [1.165, 1.54) is 12.8 Å². The van der Waals surface area contributed by atoms with Gasteiger partial charge < -0.3 is 10.0 Å². The highest BCUT2D eigenvalue weighted by molar-refractivity contribution is 7.13. The first-order chi connectivity index (χ1) is 8.46. The monoisotopic (exact) mass is 268 g/mol. The predicted octanol–water partition coefficient (Wildman–Crippen LogP) is 2.79. The summed E-state index contributed by atoms with van der Waals surface area (Å²) in [6.45, 7) is 6.68. The van der Waals surface area contributed by atoms with Crippen LogP contribution in [-0.4, -0.2) is 29.1 Å². The van der Waals surface area contributed by atoms with Gasteiger partial charge in [0.25, 0.3) is 0 Å². The van der Waals surface area contributed by atoms with Crippen LogP contribution in [0.3, 0.4) is 0 Å². The molecule has 0 atom stereocenters. The lowest BCUT2D eigenvalue weighted by Crippen LogP contribution is -2.40. The van der Waals surface area contributed by atoms with Gasteiger partial charge in [-0.1, -0.05) is 13.8 Å². The predicted molar refractivity (Wildman–Crippen MR) is 73.3 cm³/mol. The number of thiazole rings is 1. The van der Waals surface area contributed by atoms with E-state index in [-0.39, 0.29) is 6.42 Å². The van der Waals surface area contributed by atoms with Crippen molar-refractivity contribution < 1.29 is 9.90 Å². The van der Waals surface area contributed by atoms with Crippen molar-refractivity contribution in [3.63, 3.8) is 0 Å². The Labute approximate surface area is 112 Å². The van der Waals surface area contributed by atoms with Crippen LogP contribution in [0.5, 0.6) is 0 Å². The Morgan fingerprint density at radius 2 is 2.39 bits per heavy atom. The van der Waals surface area contributed by atoms with Crippen molar-refractivity contribution >= 4 is 22.4 Å². The van der Waals surface area contributed by atoms with Crippen molar-refractivity contribution in [3.05, 3.63) is 11.1 Å². The summed E-state index contributed by atoms with van der Waals surface area (Å²) in [6, 6.07) is 0. The Kier molecular flexibility index (Phi) is 3.90. The Balaban J connectivity index is 1.99. The van der Waals surface area contributed by atoms with E-state index >= 15 is 0 Å². The highest BCUT2D eigenvalue weighted by Gasteiger charge is 2.27. The van der Waals surface area contributed by atoms with Crippen LogP contribution in [0, 0.1) is 5.41 Å². The van der Waals surface area contributed by atoms with Gasteiger partial charge in [0, 0.05) is 24.9 Å². The van der Waals surface area contributed by atoms with Gasteiger partial charge in [0.2, 0.25) is 0 Å². The van der Waals surface area contributed by atoms with Crippen LogP contribution < -0.4 is 4.90 Å². The molecule has 2 rings (SSSR count). The zero-order chi connectivity index (χ0) is 13.2. The number of carboxylic acids is 1. The summed E-state index contributed by atoms with van der Waals surface area (Å²) in [7, 11) is 0. The summed E-state index contributed by atoms with van der Waals surface area (Å²) in [6.07, 6.45) is 3.16. The molecule has 18 heavy (non-hydrogen) atoms. The summed E-state index contributed by atoms with van der Waals surface area (Å²) < 4.78 is 0. The van der Waals surface area contributed by atoms with E-state index < -0.39 is 5.97 Å². The van der Waals surface area contributed by atoms with Crippen LogP contribution in [0.4, 0.5) is 5.13 Å². The zero-order valence-corrected chi connectivity index (χ0v) is 11.8. The minimum Gasteiger partial charge on any atom is -0.481 e. The summed E-state index contributed by atoms with van der Waals surface area (Å²) in [4.78, 5) is 17.4. The molecule has 4 nitrogen and oxygen atoms in total. The van der Waals surface area contributed by atoms with Crippen molar-refractivity contribution in [1.82, 2.24) is 4.98 Å². The fourth-order valence-electron chi connectivity index (χ4n) is 2.38. The SMILES string of the molecule is CC1(C)CCCN(c2nc(CCC(=O)O)cs2)C1. The molecule has 100 valence electrons. The van der Waals surface area contributed by atoms with Gasteiger partial charge in [-0.05, 0) is 18.3 Å². The summed E-state index contributed by atoms with van der Waals surface area (Å²) in [5, 5.41) is 11.7. The van der Waals surface area contributed by atoms with Crippen LogP contribution >= 0.6 is 11.3 Å². The van der Waals surface area contributed by atoms with Crippen molar-refractivity contribution in [2.75, 3.05) is 18.0 Å². The Morgan fingerprint density at radius 3 is 3.06 bits per heavy atom. The molecule has 0 aliphatic carbocycles. The molecule has 0 aromatic carbocycles. The number of nitrogens with zero attached hydrogens (tertiary/aromatic N) is 2. The van der Waals surface area contributed by atoms with Crippen molar-refractivity contribution in [2.45, 2.75) is 39.5 Å². The second-order valence-corrected chi connectivity index (χ2v) is 6.54. The maximum absolute atomic E-state index is 10.5. The number of carboxylic acid groups (broad SMARTS) is 1. The second kappa shape index (κ2) is 5.26. The molecule has 0 bridgehead atoms. The van der Waals surface area contributed by atoms with Gasteiger partial charge in [0.15, 0.2) is 5.13 Å². The van der Waals surface area contributed by atoms with E-state index in [1.54, 1.807) is 11.3 Å². The third-order valence-electron chi connectivity index (χ3n) is 3.31. The van der Waals surface area contributed by atoms with Crippen molar-refractivity contribution in [1.29, 1.82) is 0 Å². The van der Waals surface area contributed by atoms with E-state index in [4.69, 9.17) is 5.11 Å². The van der Waals surface area contributed by atoms with Crippen LogP contribution in [0.25, 0.3) is 0 Å². The molecule has 0 saturated carbocycles. The molecule has 1 aromatic heterocycles. The maximum atomic E-state index is 10.5. The largest absolute Gasteiger partial charge is 0.481 e. The highest BCUT2D eigenvalue weighted by atomic mass is 32.1. The molecule has 1 aliphatic heterocycles. The lowest BCUT2D eigenvalue weighted by atomic mass is 9.84. The topological polar surface area (TPSA) is 53.4 Å². The average Bonchev–Trinajstić information content (AvgIpc) is 2.73. The van der Waals surface area contributed by atoms with Gasteiger partial charge in [-0.2, -0.15) is 0 Å². The number of hydrogen-bond donors (Lipinski definition) is 1. The molecular weight excluding hydrogens is 248 g/mol. The fourth-order valence-corrected chi connectivity index (χ4v) is 3.26. The Bertz CT molecular complexity index is 428. The lowest BCUT2D eigenvalue weighted by Gasteiger charge is -2.37. The van der Waals surface area contributed by atoms with Gasteiger partial charge in [0.05, 0.1) is 12.1 Å². The number of hydrogen-bond acceptors (Lipinski definition) is 4. The number of rotatable bonds is 4. The molecule has 1 aliphatic rings. The molecule has 1 N–H and O–H groups in total. The van der Waals surface area contributed by atoms with Gasteiger partial charge in [0.1, 0.15) is 0 Å². The number of carbonyl (C=O) groups is 1. The van der Waals surface area contributed by atoms with Crippen LogP contribution in [-0.2, 0) is 11.2 Å². The number of aliphatic carboxylic acids is 1. The highest BCUT2D eigenvalue weighted by Crippen LogP contribution is 2.32. The van der Waals surface area contributed by atoms with E-state index in [9.17, 15) is 4.79 Å². The molecule has 1 saturated heterocycles. The third kappa shape index (κ3) is 3.45. The number of anilines is 1. The number of aryl methyl sites for hydroxylation is 1. The van der Waals surface area contributed by atoms with Gasteiger partial charge in [-0.3, -0.25) is 4.79 Å². The van der Waals surface area contributed by atoms with Crippen molar-refractivity contribution in [2.24, 2.45) is 5.41 Å². The van der Waals surface area contributed by atoms with Crippen molar-refractivity contribution in [3.8, 4) is 0 Å². The summed E-state index contributed by atoms with van der Waals surface area (Å²) in [5.41, 5.74) is 1.26. The minimum absolute atomic E-state index is 0.161. The van der Waals surface area contributed by atoms with Gasteiger partial charge in [-0.25, -0.2) is 4.98 Å². The molecule has 0 amide bonds. The third-order valence-corrected chi connectivity index (χ3v) is 4.26. The zero-order valence-electron chi connectivity index (χ0n) is 11.0. The molecule has 1 aromatic rings.